The van der Waals surface area contributed by atoms with Gasteiger partial charge in [-0.2, -0.15) is 9.40 Å². The van der Waals surface area contributed by atoms with Crippen LogP contribution in [0.25, 0.3) is 10.9 Å². The fourth-order valence-electron chi connectivity index (χ4n) is 5.54. The number of aliphatic hydroxyl groups excluding tert-OH is 1. The standard InChI is InChI=1S/C36H52N4O10S/c1-24(46-8)32-28-17-16-27(22-29(28)39(37-32)31-15-10-11-19-48-31)47-20-18-38(33(42)49-35(2,3)4)23-30(41)25-13-12-14-26(21-25)40(51(9,44)45)34(43)50-36(5,6)7/h12-14,16-17,21-22,24,30-31,41H,10-11,15,18-20,23H2,1-9H3/t24-,30?,31?/m1/s1. The molecule has 14 nitrogen and oxygen atoms in total. The Bertz CT molecular complexity index is 1770. The summed E-state index contributed by atoms with van der Waals surface area (Å²) in [6.07, 6.45) is 0.300. The quantitative estimate of drug-likeness (QED) is 0.217. The number of aliphatic hydroxyl groups is 1. The molecule has 2 amide bonds. The molecule has 2 aromatic carbocycles. The van der Waals surface area contributed by atoms with Crippen LogP contribution in [0, 0.1) is 0 Å². The van der Waals surface area contributed by atoms with Gasteiger partial charge in [0.1, 0.15) is 23.6 Å². The maximum Gasteiger partial charge on any atom is 0.428 e. The second-order valence-electron chi connectivity index (χ2n) is 14.6. The summed E-state index contributed by atoms with van der Waals surface area (Å²) in [7, 11) is -2.46. The fraction of sp³-hybridized carbons (Fsp3) is 0.583. The topological polar surface area (TPSA) is 159 Å². The molecule has 4 rings (SSSR count). The number of ether oxygens (including phenoxy) is 5. The van der Waals surface area contributed by atoms with Crippen LogP contribution in [0.1, 0.15) is 97.4 Å². The number of fused-ring (bicyclic) bond motifs is 1. The van der Waals surface area contributed by atoms with Crippen LogP contribution in [0.2, 0.25) is 0 Å². The zero-order valence-electron chi connectivity index (χ0n) is 31.0. The van der Waals surface area contributed by atoms with E-state index in [0.29, 0.717) is 16.7 Å². The molecule has 51 heavy (non-hydrogen) atoms. The van der Waals surface area contributed by atoms with Crippen LogP contribution in [0.5, 0.6) is 5.75 Å². The third kappa shape index (κ3) is 10.8. The molecule has 15 heteroatoms. The average molecular weight is 733 g/mol. The number of sulfonamides is 1. The highest BCUT2D eigenvalue weighted by Gasteiger charge is 2.32. The number of aromatic nitrogens is 2. The van der Waals surface area contributed by atoms with E-state index in [9.17, 15) is 23.1 Å². The van der Waals surface area contributed by atoms with Crippen molar-refractivity contribution in [2.24, 2.45) is 0 Å². The highest BCUT2D eigenvalue weighted by Crippen LogP contribution is 2.33. The lowest BCUT2D eigenvalue weighted by Crippen LogP contribution is -2.41. The van der Waals surface area contributed by atoms with Gasteiger partial charge in [-0.15, -0.1) is 0 Å². The summed E-state index contributed by atoms with van der Waals surface area (Å²) in [5.41, 5.74) is 0.123. The van der Waals surface area contributed by atoms with Crippen molar-refractivity contribution in [2.75, 3.05) is 44.0 Å². The molecule has 0 saturated carbocycles. The lowest BCUT2D eigenvalue weighted by molar-refractivity contribution is -0.0374. The van der Waals surface area contributed by atoms with Gasteiger partial charge >= 0.3 is 12.2 Å². The maximum atomic E-state index is 13.3. The monoisotopic (exact) mass is 732 g/mol. The number of carbonyl (C=O) groups excluding carboxylic acids is 2. The first-order valence-corrected chi connectivity index (χ1v) is 18.9. The molecule has 1 aromatic heterocycles. The first kappa shape index (κ1) is 39.9. The molecule has 0 aliphatic carbocycles. The van der Waals surface area contributed by atoms with Gasteiger partial charge in [0.2, 0.25) is 10.0 Å². The predicted octanol–water partition coefficient (Wildman–Crippen LogP) is 6.49. The molecule has 1 aliphatic heterocycles. The number of benzene rings is 2. The van der Waals surface area contributed by atoms with Gasteiger partial charge in [-0.05, 0) is 97.6 Å². The Morgan fingerprint density at radius 3 is 2.33 bits per heavy atom. The Balaban J connectivity index is 1.55. The van der Waals surface area contributed by atoms with Gasteiger partial charge in [-0.1, -0.05) is 12.1 Å². The number of methoxy groups -OCH3 is 1. The Labute approximate surface area is 300 Å². The predicted molar refractivity (Wildman–Crippen MR) is 192 cm³/mol. The molecular formula is C36H52N4O10S. The SMILES string of the molecule is CO[C@H](C)c1nn(C2CCCCO2)c2cc(OCCN(CC(O)c3cccc(N(C(=O)OC(C)(C)C)S(C)(=O)=O)c3)C(=O)OC(C)(C)C)ccc12. The molecule has 2 unspecified atom stereocenters. The maximum absolute atomic E-state index is 13.3. The number of rotatable bonds is 12. The molecule has 282 valence electrons. The summed E-state index contributed by atoms with van der Waals surface area (Å²) in [5.74, 6) is 0.552. The van der Waals surface area contributed by atoms with Crippen LogP contribution < -0.4 is 9.04 Å². The first-order valence-electron chi connectivity index (χ1n) is 17.1. The highest BCUT2D eigenvalue weighted by atomic mass is 32.2. The van der Waals surface area contributed by atoms with Gasteiger partial charge in [0.05, 0.1) is 48.5 Å². The first-order chi connectivity index (χ1) is 23.8. The van der Waals surface area contributed by atoms with Crippen LogP contribution in [0.4, 0.5) is 15.3 Å². The van der Waals surface area contributed by atoms with Gasteiger partial charge in [-0.3, -0.25) is 0 Å². The van der Waals surface area contributed by atoms with Crippen molar-refractivity contribution in [1.29, 1.82) is 0 Å². The summed E-state index contributed by atoms with van der Waals surface area (Å²) in [6, 6.07) is 11.5. The van der Waals surface area contributed by atoms with Crippen LogP contribution in [-0.2, 0) is 29.0 Å². The minimum absolute atomic E-state index is 0.0215. The van der Waals surface area contributed by atoms with Gasteiger partial charge in [0.15, 0.2) is 6.23 Å². The van der Waals surface area contributed by atoms with Crippen molar-refractivity contribution < 1.29 is 46.8 Å². The lowest BCUT2D eigenvalue weighted by atomic mass is 10.1. The number of amides is 2. The summed E-state index contributed by atoms with van der Waals surface area (Å²) in [5, 5.41) is 17.1. The number of carbonyl (C=O) groups is 2. The zero-order valence-corrected chi connectivity index (χ0v) is 31.9. The summed E-state index contributed by atoms with van der Waals surface area (Å²) >= 11 is 0. The Hall–Kier alpha value is -3.92. The number of hydrogen-bond acceptors (Lipinski definition) is 11. The smallest absolute Gasteiger partial charge is 0.428 e. The molecule has 0 bridgehead atoms. The van der Waals surface area contributed by atoms with Crippen LogP contribution >= 0.6 is 0 Å². The minimum Gasteiger partial charge on any atom is -0.492 e. The highest BCUT2D eigenvalue weighted by molar-refractivity contribution is 7.92. The van der Waals surface area contributed by atoms with E-state index >= 15 is 0 Å². The van der Waals surface area contributed by atoms with Crippen molar-refractivity contribution in [1.82, 2.24) is 14.7 Å². The fourth-order valence-corrected chi connectivity index (χ4v) is 6.35. The second kappa shape index (κ2) is 16.2. The van der Waals surface area contributed by atoms with E-state index in [-0.39, 0.29) is 43.3 Å². The van der Waals surface area contributed by atoms with Gasteiger partial charge in [-0.25, -0.2) is 22.7 Å². The number of anilines is 1. The third-order valence-electron chi connectivity index (χ3n) is 7.93. The average Bonchev–Trinajstić information content (AvgIpc) is 3.41. The Morgan fingerprint density at radius 2 is 1.73 bits per heavy atom. The van der Waals surface area contributed by atoms with Crippen LogP contribution in [0.3, 0.4) is 0 Å². The van der Waals surface area contributed by atoms with Crippen molar-refractivity contribution in [2.45, 2.75) is 97.4 Å². The summed E-state index contributed by atoms with van der Waals surface area (Å²) in [4.78, 5) is 27.6. The Morgan fingerprint density at radius 1 is 1.04 bits per heavy atom. The molecule has 1 saturated heterocycles. The van der Waals surface area contributed by atoms with Gasteiger partial charge < -0.3 is 33.7 Å². The van der Waals surface area contributed by atoms with Crippen molar-refractivity contribution >= 4 is 38.8 Å². The summed E-state index contributed by atoms with van der Waals surface area (Å²) in [6.45, 7) is 12.6. The molecule has 3 aromatic rings. The molecule has 3 atom stereocenters. The van der Waals surface area contributed by atoms with Crippen molar-refractivity contribution in [3.05, 3.63) is 53.7 Å². The van der Waals surface area contributed by atoms with E-state index in [1.807, 2.05) is 29.8 Å². The Kier molecular flexibility index (Phi) is 12.6. The van der Waals surface area contributed by atoms with Crippen molar-refractivity contribution in [3.63, 3.8) is 0 Å². The second-order valence-corrected chi connectivity index (χ2v) is 16.4. The third-order valence-corrected chi connectivity index (χ3v) is 8.95. The van der Waals surface area contributed by atoms with Gasteiger partial charge in [0, 0.05) is 25.2 Å². The largest absolute Gasteiger partial charge is 0.492 e. The minimum atomic E-state index is -4.10. The van der Waals surface area contributed by atoms with E-state index < -0.39 is 39.5 Å². The van der Waals surface area contributed by atoms with Gasteiger partial charge in [0.25, 0.3) is 0 Å². The zero-order chi connectivity index (χ0) is 37.7. The van der Waals surface area contributed by atoms with E-state index in [0.717, 1.165) is 42.1 Å². The number of nitrogens with zero attached hydrogens (tertiary/aromatic N) is 4. The van der Waals surface area contributed by atoms with E-state index in [1.165, 1.54) is 23.1 Å². The molecule has 0 radical (unpaired) electrons. The van der Waals surface area contributed by atoms with Crippen LogP contribution in [-0.4, -0.2) is 91.3 Å². The number of hydrogen-bond donors (Lipinski definition) is 1. The summed E-state index contributed by atoms with van der Waals surface area (Å²) < 4.78 is 56.5. The van der Waals surface area contributed by atoms with E-state index in [1.54, 1.807) is 54.7 Å². The lowest BCUT2D eigenvalue weighted by Gasteiger charge is -2.29. The van der Waals surface area contributed by atoms with E-state index in [4.69, 9.17) is 28.8 Å². The normalized spacial score (nSPS) is 16.7. The molecule has 1 aliphatic rings. The molecule has 2 heterocycles. The molecular weight excluding hydrogens is 680 g/mol. The van der Waals surface area contributed by atoms with Crippen LogP contribution in [0.15, 0.2) is 42.5 Å². The van der Waals surface area contributed by atoms with E-state index in [2.05, 4.69) is 0 Å². The molecule has 1 fully saturated rings. The molecule has 1 N–H and O–H groups in total. The van der Waals surface area contributed by atoms with Crippen molar-refractivity contribution in [3.8, 4) is 5.75 Å². The molecule has 0 spiro atoms.